The Labute approximate surface area is 92.9 Å². The van der Waals surface area contributed by atoms with Crippen LogP contribution in [0, 0.1) is 0 Å². The van der Waals surface area contributed by atoms with Gasteiger partial charge in [0.2, 0.25) is 0 Å². The number of thioether (sulfide) groups is 1. The lowest BCUT2D eigenvalue weighted by molar-refractivity contribution is 0.483. The Morgan fingerprint density at radius 1 is 1.53 bits per heavy atom. The predicted molar refractivity (Wildman–Crippen MR) is 61.3 cm³/mol. The van der Waals surface area contributed by atoms with Gasteiger partial charge in [-0.3, -0.25) is 4.55 Å². The van der Waals surface area contributed by atoms with Gasteiger partial charge in [-0.15, -0.1) is 0 Å². The van der Waals surface area contributed by atoms with E-state index in [1.54, 1.807) is 6.92 Å². The summed E-state index contributed by atoms with van der Waals surface area (Å²) in [6.45, 7) is 5.46. The van der Waals surface area contributed by atoms with Gasteiger partial charge in [-0.2, -0.15) is 8.42 Å². The van der Waals surface area contributed by atoms with Crippen LogP contribution < -0.4 is 5.73 Å². The van der Waals surface area contributed by atoms with E-state index in [1.165, 1.54) is 30.0 Å². The number of anilines is 1. The fourth-order valence-corrected chi connectivity index (χ4v) is 2.28. The van der Waals surface area contributed by atoms with E-state index >= 15 is 0 Å². The van der Waals surface area contributed by atoms with E-state index < -0.39 is 10.1 Å². The van der Waals surface area contributed by atoms with Crippen LogP contribution in [0.5, 0.6) is 0 Å². The molecule has 0 aliphatic carbocycles. The first-order chi connectivity index (χ1) is 6.80. The van der Waals surface area contributed by atoms with E-state index in [1.807, 2.05) is 0 Å². The van der Waals surface area contributed by atoms with Crippen LogP contribution in [0.15, 0.2) is 39.5 Å². The van der Waals surface area contributed by atoms with E-state index in [9.17, 15) is 8.42 Å². The molecular formula is C9H11NO3S2. The van der Waals surface area contributed by atoms with E-state index in [4.69, 9.17) is 10.3 Å². The Balaban J connectivity index is 3.23. The molecule has 1 rings (SSSR count). The molecule has 0 aliphatic heterocycles. The van der Waals surface area contributed by atoms with Crippen molar-refractivity contribution in [1.29, 1.82) is 0 Å². The fourth-order valence-electron chi connectivity index (χ4n) is 0.951. The van der Waals surface area contributed by atoms with Gasteiger partial charge in [0.05, 0.1) is 4.90 Å². The number of hydrogen-bond acceptors (Lipinski definition) is 4. The number of hydrogen-bond donors (Lipinski definition) is 2. The minimum Gasteiger partial charge on any atom is -0.398 e. The summed E-state index contributed by atoms with van der Waals surface area (Å²) in [5.74, 6) is 0. The van der Waals surface area contributed by atoms with Gasteiger partial charge in [-0.05, 0) is 30.0 Å². The lowest BCUT2D eigenvalue weighted by Gasteiger charge is -2.06. The summed E-state index contributed by atoms with van der Waals surface area (Å²) in [5, 5.41) is 0. The first-order valence-corrected chi connectivity index (χ1v) is 6.27. The Bertz CT molecular complexity index is 494. The highest BCUT2D eigenvalue weighted by atomic mass is 32.2. The zero-order valence-corrected chi connectivity index (χ0v) is 9.73. The average Bonchev–Trinajstić information content (AvgIpc) is 2.06. The largest absolute Gasteiger partial charge is 0.398 e. The van der Waals surface area contributed by atoms with Crippen LogP contribution in [-0.2, 0) is 10.1 Å². The van der Waals surface area contributed by atoms with Crippen molar-refractivity contribution in [1.82, 2.24) is 0 Å². The molecule has 0 saturated heterocycles. The maximum absolute atomic E-state index is 10.9. The van der Waals surface area contributed by atoms with Crippen LogP contribution in [-0.4, -0.2) is 13.0 Å². The van der Waals surface area contributed by atoms with Crippen molar-refractivity contribution >= 4 is 27.6 Å². The van der Waals surface area contributed by atoms with Gasteiger partial charge in [0.25, 0.3) is 10.1 Å². The van der Waals surface area contributed by atoms with Crippen molar-refractivity contribution in [3.63, 3.8) is 0 Å². The van der Waals surface area contributed by atoms with Gasteiger partial charge < -0.3 is 5.73 Å². The van der Waals surface area contributed by atoms with E-state index in [2.05, 4.69) is 6.58 Å². The summed E-state index contributed by atoms with van der Waals surface area (Å²) in [6, 6.07) is 4.02. The first kappa shape index (κ1) is 12.1. The Morgan fingerprint density at radius 2 is 2.13 bits per heavy atom. The molecule has 15 heavy (non-hydrogen) atoms. The maximum atomic E-state index is 10.9. The van der Waals surface area contributed by atoms with Crippen LogP contribution in [0.1, 0.15) is 6.92 Å². The minimum absolute atomic E-state index is 0.166. The van der Waals surface area contributed by atoms with Crippen molar-refractivity contribution in [3.8, 4) is 0 Å². The molecule has 0 atom stereocenters. The minimum atomic E-state index is -4.18. The smallest absolute Gasteiger partial charge is 0.294 e. The van der Waals surface area contributed by atoms with E-state index in [0.29, 0.717) is 10.6 Å². The van der Waals surface area contributed by atoms with Gasteiger partial charge in [0.15, 0.2) is 0 Å². The molecule has 0 aliphatic rings. The molecule has 0 spiro atoms. The number of nitrogens with two attached hydrogens (primary N) is 1. The van der Waals surface area contributed by atoms with Gasteiger partial charge in [0, 0.05) is 10.6 Å². The van der Waals surface area contributed by atoms with Crippen LogP contribution in [0.25, 0.3) is 0 Å². The summed E-state index contributed by atoms with van der Waals surface area (Å²) < 4.78 is 30.6. The average molecular weight is 245 g/mol. The highest BCUT2D eigenvalue weighted by Gasteiger charge is 2.11. The molecule has 0 saturated carbocycles. The third kappa shape index (κ3) is 3.26. The third-order valence-corrected chi connectivity index (χ3v) is 3.34. The van der Waals surface area contributed by atoms with Crippen molar-refractivity contribution in [3.05, 3.63) is 29.7 Å². The highest BCUT2D eigenvalue weighted by Crippen LogP contribution is 2.31. The topological polar surface area (TPSA) is 80.4 Å². The Morgan fingerprint density at radius 3 is 2.60 bits per heavy atom. The van der Waals surface area contributed by atoms with Crippen molar-refractivity contribution in [2.75, 3.05) is 5.73 Å². The SMILES string of the molecule is C=C(C)Sc1cc(S(=O)(=O)O)ccc1N. The maximum Gasteiger partial charge on any atom is 0.294 e. The summed E-state index contributed by atoms with van der Waals surface area (Å²) in [7, 11) is -4.18. The molecule has 1 aromatic carbocycles. The third-order valence-electron chi connectivity index (χ3n) is 1.57. The number of nitrogen functional groups attached to an aromatic ring is 1. The standard InChI is InChI=1S/C9H11NO3S2/c1-6(2)14-9-5-7(15(11,12)13)3-4-8(9)10/h3-5H,1,10H2,2H3,(H,11,12,13). The molecule has 82 valence electrons. The summed E-state index contributed by atoms with van der Waals surface area (Å²) in [5.41, 5.74) is 6.10. The Kier molecular flexibility index (Phi) is 3.43. The molecule has 0 radical (unpaired) electrons. The van der Waals surface area contributed by atoms with Crippen LogP contribution >= 0.6 is 11.8 Å². The van der Waals surface area contributed by atoms with Crippen molar-refractivity contribution < 1.29 is 13.0 Å². The van der Waals surface area contributed by atoms with Gasteiger partial charge in [-0.25, -0.2) is 0 Å². The second-order valence-corrected chi connectivity index (χ2v) is 5.74. The zero-order valence-electron chi connectivity index (χ0n) is 8.10. The molecule has 0 aromatic heterocycles. The van der Waals surface area contributed by atoms with Gasteiger partial charge >= 0.3 is 0 Å². The molecule has 6 heteroatoms. The zero-order chi connectivity index (χ0) is 11.6. The molecule has 3 N–H and O–H groups in total. The molecule has 1 aromatic rings. The molecule has 0 bridgehead atoms. The molecule has 4 nitrogen and oxygen atoms in total. The lowest BCUT2D eigenvalue weighted by Crippen LogP contribution is -1.99. The molecule has 0 amide bonds. The van der Waals surface area contributed by atoms with Crippen LogP contribution in [0.3, 0.4) is 0 Å². The fraction of sp³-hybridized carbons (Fsp3) is 0.111. The van der Waals surface area contributed by atoms with E-state index in [-0.39, 0.29) is 4.90 Å². The van der Waals surface area contributed by atoms with Gasteiger partial charge in [0.1, 0.15) is 0 Å². The summed E-state index contributed by atoms with van der Waals surface area (Å²) >= 11 is 1.26. The normalized spacial score (nSPS) is 11.3. The van der Waals surface area contributed by atoms with Gasteiger partial charge in [-0.1, -0.05) is 18.3 Å². The molecule has 0 fully saturated rings. The monoisotopic (exact) mass is 245 g/mol. The second kappa shape index (κ2) is 4.26. The summed E-state index contributed by atoms with van der Waals surface area (Å²) in [6.07, 6.45) is 0. The first-order valence-electron chi connectivity index (χ1n) is 4.01. The van der Waals surface area contributed by atoms with Crippen molar-refractivity contribution in [2.24, 2.45) is 0 Å². The quantitative estimate of drug-likeness (QED) is 0.484. The predicted octanol–water partition coefficient (Wildman–Crippen LogP) is 2.14. The molecule has 0 heterocycles. The lowest BCUT2D eigenvalue weighted by atomic mass is 10.3. The van der Waals surface area contributed by atoms with E-state index in [0.717, 1.165) is 4.91 Å². The highest BCUT2D eigenvalue weighted by molar-refractivity contribution is 8.03. The van der Waals surface area contributed by atoms with Crippen molar-refractivity contribution in [2.45, 2.75) is 16.7 Å². The number of rotatable bonds is 3. The Hall–Kier alpha value is -0.980. The molecule has 0 unspecified atom stereocenters. The number of allylic oxidation sites excluding steroid dienone is 1. The summed E-state index contributed by atoms with van der Waals surface area (Å²) in [4.78, 5) is 1.19. The number of benzene rings is 1. The van der Waals surface area contributed by atoms with Crippen LogP contribution in [0.2, 0.25) is 0 Å². The molecular weight excluding hydrogens is 234 g/mol. The second-order valence-electron chi connectivity index (χ2n) is 2.98. The van der Waals surface area contributed by atoms with Crippen LogP contribution in [0.4, 0.5) is 5.69 Å².